The van der Waals surface area contributed by atoms with Gasteiger partial charge < -0.3 is 10.2 Å². The molecule has 0 fully saturated rings. The highest BCUT2D eigenvalue weighted by Crippen LogP contribution is 2.16. The average molecular weight is 287 g/mol. The number of nitrogens with zero attached hydrogens (tertiary/aromatic N) is 2. The Hall–Kier alpha value is -2.43. The number of aromatic nitrogens is 1. The van der Waals surface area contributed by atoms with Crippen molar-refractivity contribution in [3.05, 3.63) is 59.0 Å². The SMILES string of the molecule is CNc1ncc(F)cc1C(=O)N(C)Cc1cccc(C)c1. The van der Waals surface area contributed by atoms with Crippen molar-refractivity contribution in [2.75, 3.05) is 19.4 Å². The number of nitrogens with one attached hydrogen (secondary N) is 1. The van der Waals surface area contributed by atoms with Gasteiger partial charge in [0.1, 0.15) is 11.6 Å². The van der Waals surface area contributed by atoms with Crippen LogP contribution in [0.3, 0.4) is 0 Å². The van der Waals surface area contributed by atoms with Gasteiger partial charge in [-0.3, -0.25) is 4.79 Å². The van der Waals surface area contributed by atoms with Crippen molar-refractivity contribution in [2.45, 2.75) is 13.5 Å². The van der Waals surface area contributed by atoms with E-state index < -0.39 is 5.82 Å². The maximum Gasteiger partial charge on any atom is 0.257 e. The first-order valence-corrected chi connectivity index (χ1v) is 6.65. The van der Waals surface area contributed by atoms with E-state index in [-0.39, 0.29) is 11.5 Å². The van der Waals surface area contributed by atoms with Gasteiger partial charge in [0, 0.05) is 20.6 Å². The molecule has 21 heavy (non-hydrogen) atoms. The van der Waals surface area contributed by atoms with Crippen LogP contribution in [0.1, 0.15) is 21.5 Å². The van der Waals surface area contributed by atoms with Crippen LogP contribution >= 0.6 is 0 Å². The fourth-order valence-electron chi connectivity index (χ4n) is 2.16. The fraction of sp³-hybridized carbons (Fsp3) is 0.250. The molecule has 0 atom stereocenters. The molecule has 2 aromatic rings. The number of carbonyl (C=O) groups is 1. The molecular weight excluding hydrogens is 269 g/mol. The van der Waals surface area contributed by atoms with Gasteiger partial charge in [0.05, 0.1) is 11.8 Å². The van der Waals surface area contributed by atoms with Gasteiger partial charge in [-0.25, -0.2) is 9.37 Å². The predicted molar refractivity (Wildman–Crippen MR) is 80.7 cm³/mol. The summed E-state index contributed by atoms with van der Waals surface area (Å²) in [5.41, 5.74) is 2.39. The molecule has 0 bridgehead atoms. The minimum absolute atomic E-state index is 0.229. The number of amides is 1. The van der Waals surface area contributed by atoms with Crippen LogP contribution in [0.5, 0.6) is 0 Å². The normalized spacial score (nSPS) is 10.3. The minimum atomic E-state index is -0.527. The summed E-state index contributed by atoms with van der Waals surface area (Å²) >= 11 is 0. The van der Waals surface area contributed by atoms with Crippen molar-refractivity contribution in [3.63, 3.8) is 0 Å². The lowest BCUT2D eigenvalue weighted by atomic mass is 10.1. The van der Waals surface area contributed by atoms with E-state index in [0.717, 1.165) is 17.3 Å². The lowest BCUT2D eigenvalue weighted by molar-refractivity contribution is 0.0785. The Bertz CT molecular complexity index is 658. The maximum atomic E-state index is 13.3. The largest absolute Gasteiger partial charge is 0.372 e. The Morgan fingerprint density at radius 2 is 2.14 bits per heavy atom. The van der Waals surface area contributed by atoms with E-state index in [4.69, 9.17) is 0 Å². The van der Waals surface area contributed by atoms with Crippen molar-refractivity contribution in [1.29, 1.82) is 0 Å². The summed E-state index contributed by atoms with van der Waals surface area (Å²) in [6.45, 7) is 2.46. The van der Waals surface area contributed by atoms with Gasteiger partial charge in [-0.05, 0) is 18.6 Å². The summed E-state index contributed by atoms with van der Waals surface area (Å²) in [4.78, 5) is 17.9. The second kappa shape index (κ2) is 6.35. The topological polar surface area (TPSA) is 45.2 Å². The van der Waals surface area contributed by atoms with Gasteiger partial charge in [-0.1, -0.05) is 29.8 Å². The molecule has 110 valence electrons. The molecule has 1 aromatic heterocycles. The monoisotopic (exact) mass is 287 g/mol. The highest BCUT2D eigenvalue weighted by atomic mass is 19.1. The van der Waals surface area contributed by atoms with Gasteiger partial charge in [0.2, 0.25) is 0 Å². The molecule has 0 aliphatic heterocycles. The molecule has 2 rings (SSSR count). The van der Waals surface area contributed by atoms with E-state index in [1.807, 2.05) is 31.2 Å². The first-order chi connectivity index (χ1) is 10.0. The fourth-order valence-corrected chi connectivity index (χ4v) is 2.16. The van der Waals surface area contributed by atoms with E-state index >= 15 is 0 Å². The zero-order valence-corrected chi connectivity index (χ0v) is 12.4. The maximum absolute atomic E-state index is 13.3. The lowest BCUT2D eigenvalue weighted by Crippen LogP contribution is -2.27. The van der Waals surface area contributed by atoms with E-state index in [1.165, 1.54) is 6.07 Å². The van der Waals surface area contributed by atoms with Crippen LogP contribution in [0, 0.1) is 12.7 Å². The molecule has 5 heteroatoms. The summed E-state index contributed by atoms with van der Waals surface area (Å²) in [6.07, 6.45) is 1.09. The lowest BCUT2D eigenvalue weighted by Gasteiger charge is -2.19. The molecule has 0 aliphatic rings. The number of benzene rings is 1. The molecule has 0 radical (unpaired) electrons. The number of rotatable bonds is 4. The van der Waals surface area contributed by atoms with E-state index in [2.05, 4.69) is 10.3 Å². The average Bonchev–Trinajstić information content (AvgIpc) is 2.46. The molecule has 1 heterocycles. The second-order valence-electron chi connectivity index (χ2n) is 4.95. The van der Waals surface area contributed by atoms with Gasteiger partial charge in [-0.2, -0.15) is 0 Å². The molecule has 0 spiro atoms. The van der Waals surface area contributed by atoms with Gasteiger partial charge in [0.25, 0.3) is 5.91 Å². The summed E-state index contributed by atoms with van der Waals surface area (Å²) in [7, 11) is 3.34. The van der Waals surface area contributed by atoms with Gasteiger partial charge in [0.15, 0.2) is 0 Å². The third-order valence-electron chi connectivity index (χ3n) is 3.17. The number of hydrogen-bond acceptors (Lipinski definition) is 3. The van der Waals surface area contributed by atoms with Crippen LogP contribution in [0.4, 0.5) is 10.2 Å². The number of halogens is 1. The Balaban J connectivity index is 2.21. The third kappa shape index (κ3) is 3.56. The smallest absolute Gasteiger partial charge is 0.257 e. The number of aryl methyl sites for hydroxylation is 1. The van der Waals surface area contributed by atoms with Crippen LogP contribution in [0.2, 0.25) is 0 Å². The molecule has 0 aliphatic carbocycles. The zero-order valence-electron chi connectivity index (χ0n) is 12.4. The van der Waals surface area contributed by atoms with Crippen molar-refractivity contribution < 1.29 is 9.18 Å². The van der Waals surface area contributed by atoms with Crippen LogP contribution in [-0.4, -0.2) is 29.9 Å². The number of carbonyl (C=O) groups excluding carboxylic acids is 1. The standard InChI is InChI=1S/C16H18FN3O/c1-11-5-4-6-12(7-11)10-20(3)16(21)14-8-13(17)9-19-15(14)18-2/h4-9H,10H2,1-3H3,(H,18,19). The Morgan fingerprint density at radius 1 is 1.38 bits per heavy atom. The van der Waals surface area contributed by atoms with Crippen molar-refractivity contribution in [1.82, 2.24) is 9.88 Å². The van der Waals surface area contributed by atoms with Crippen LogP contribution in [0.15, 0.2) is 36.5 Å². The Morgan fingerprint density at radius 3 is 2.81 bits per heavy atom. The molecule has 4 nitrogen and oxygen atoms in total. The first-order valence-electron chi connectivity index (χ1n) is 6.65. The van der Waals surface area contributed by atoms with Crippen LogP contribution < -0.4 is 5.32 Å². The number of anilines is 1. The zero-order chi connectivity index (χ0) is 15.4. The van der Waals surface area contributed by atoms with Crippen LogP contribution in [-0.2, 0) is 6.54 Å². The minimum Gasteiger partial charge on any atom is -0.372 e. The van der Waals surface area contributed by atoms with E-state index in [0.29, 0.717) is 12.4 Å². The summed E-state index contributed by atoms with van der Waals surface area (Å²) < 4.78 is 13.3. The highest BCUT2D eigenvalue weighted by Gasteiger charge is 2.17. The summed E-state index contributed by atoms with van der Waals surface area (Å²) in [5, 5.41) is 2.81. The van der Waals surface area contributed by atoms with Gasteiger partial charge >= 0.3 is 0 Å². The molecular formula is C16H18FN3O. The molecule has 0 unspecified atom stereocenters. The van der Waals surface area contributed by atoms with Crippen molar-refractivity contribution in [3.8, 4) is 0 Å². The van der Waals surface area contributed by atoms with Crippen LogP contribution in [0.25, 0.3) is 0 Å². The van der Waals surface area contributed by atoms with E-state index in [9.17, 15) is 9.18 Å². The quantitative estimate of drug-likeness (QED) is 0.940. The van der Waals surface area contributed by atoms with Crippen molar-refractivity contribution in [2.24, 2.45) is 0 Å². The molecule has 0 saturated heterocycles. The first kappa shape index (κ1) is 15.0. The second-order valence-corrected chi connectivity index (χ2v) is 4.95. The third-order valence-corrected chi connectivity index (χ3v) is 3.17. The summed E-state index contributed by atoms with van der Waals surface area (Å²) in [5.74, 6) is -0.424. The van der Waals surface area contributed by atoms with Crippen molar-refractivity contribution >= 4 is 11.7 Å². The molecule has 1 N–H and O–H groups in total. The van der Waals surface area contributed by atoms with E-state index in [1.54, 1.807) is 19.0 Å². The highest BCUT2D eigenvalue weighted by molar-refractivity contribution is 5.98. The van der Waals surface area contributed by atoms with Gasteiger partial charge in [-0.15, -0.1) is 0 Å². The summed E-state index contributed by atoms with van der Waals surface area (Å²) in [6, 6.07) is 9.13. The Kier molecular flexibility index (Phi) is 4.52. The number of pyridine rings is 1. The molecule has 1 amide bonds. The predicted octanol–water partition coefficient (Wildman–Crippen LogP) is 2.84. The number of hydrogen-bond donors (Lipinski definition) is 1. The molecule has 0 saturated carbocycles. The molecule has 1 aromatic carbocycles. The Labute approximate surface area is 123 Å².